The van der Waals surface area contributed by atoms with Crippen LogP contribution in [0.3, 0.4) is 0 Å². The van der Waals surface area contributed by atoms with Crippen molar-refractivity contribution in [1.82, 2.24) is 0 Å². The predicted octanol–water partition coefficient (Wildman–Crippen LogP) is 3.17. The number of benzene rings is 2. The highest BCUT2D eigenvalue weighted by molar-refractivity contribution is 6.04. The fourth-order valence-corrected chi connectivity index (χ4v) is 3.12. The molecule has 0 radical (unpaired) electrons. The van der Waals surface area contributed by atoms with Crippen LogP contribution in [-0.2, 0) is 0 Å². The number of hydrogen-bond donors (Lipinski definition) is 1. The molecule has 2 aliphatic rings. The van der Waals surface area contributed by atoms with Crippen molar-refractivity contribution in [2.75, 3.05) is 26.3 Å². The lowest BCUT2D eigenvalue weighted by molar-refractivity contribution is 0.0971. The standard InChI is InChI=1S/C18H17NO5/c1-21-10-3-4-11(16(5-10)22-2)13-7-15(20)12-6-17-18(24-9-23-17)8-14(12)19-13/h3-6,8,13,19H,7,9H2,1-2H3/t13-/m1/s1. The minimum Gasteiger partial charge on any atom is -0.497 e. The van der Waals surface area contributed by atoms with Gasteiger partial charge in [0.15, 0.2) is 17.3 Å². The van der Waals surface area contributed by atoms with Gasteiger partial charge in [-0.25, -0.2) is 0 Å². The van der Waals surface area contributed by atoms with Crippen LogP contribution in [0, 0.1) is 0 Å². The number of fused-ring (bicyclic) bond motifs is 2. The zero-order valence-corrected chi connectivity index (χ0v) is 13.4. The first-order chi connectivity index (χ1) is 11.7. The minimum absolute atomic E-state index is 0.0601. The summed E-state index contributed by atoms with van der Waals surface area (Å²) in [7, 11) is 3.21. The first-order valence-electron chi connectivity index (χ1n) is 7.65. The van der Waals surface area contributed by atoms with Crippen molar-refractivity contribution in [3.8, 4) is 23.0 Å². The molecule has 2 aromatic carbocycles. The molecule has 1 atom stereocenters. The maximum atomic E-state index is 12.6. The molecule has 0 saturated heterocycles. The molecule has 6 heteroatoms. The molecule has 0 aromatic heterocycles. The van der Waals surface area contributed by atoms with Crippen molar-refractivity contribution < 1.29 is 23.7 Å². The largest absolute Gasteiger partial charge is 0.497 e. The fourth-order valence-electron chi connectivity index (χ4n) is 3.12. The maximum Gasteiger partial charge on any atom is 0.231 e. The van der Waals surface area contributed by atoms with E-state index in [2.05, 4.69) is 5.32 Å². The van der Waals surface area contributed by atoms with Crippen LogP contribution in [-0.4, -0.2) is 26.8 Å². The normalized spacial score (nSPS) is 17.9. The molecule has 124 valence electrons. The molecular formula is C18H17NO5. The Balaban J connectivity index is 1.71. The molecule has 0 aliphatic carbocycles. The summed E-state index contributed by atoms with van der Waals surface area (Å²) < 4.78 is 21.4. The number of methoxy groups -OCH3 is 2. The van der Waals surface area contributed by atoms with Gasteiger partial charge in [0, 0.05) is 35.4 Å². The summed E-state index contributed by atoms with van der Waals surface area (Å²) >= 11 is 0. The van der Waals surface area contributed by atoms with Crippen molar-refractivity contribution in [2.24, 2.45) is 0 Å². The zero-order chi connectivity index (χ0) is 16.7. The van der Waals surface area contributed by atoms with Gasteiger partial charge in [0.1, 0.15) is 11.5 Å². The predicted molar refractivity (Wildman–Crippen MR) is 87.4 cm³/mol. The summed E-state index contributed by atoms with van der Waals surface area (Å²) in [4.78, 5) is 12.6. The molecule has 1 N–H and O–H groups in total. The number of carbonyl (C=O) groups excluding carboxylic acids is 1. The van der Waals surface area contributed by atoms with Gasteiger partial charge in [-0.1, -0.05) is 0 Å². The van der Waals surface area contributed by atoms with Gasteiger partial charge in [0.05, 0.1) is 20.3 Å². The van der Waals surface area contributed by atoms with E-state index in [4.69, 9.17) is 18.9 Å². The molecule has 0 unspecified atom stereocenters. The third-order valence-electron chi connectivity index (χ3n) is 4.35. The molecule has 0 amide bonds. The number of anilines is 1. The smallest absolute Gasteiger partial charge is 0.231 e. The third kappa shape index (κ3) is 2.31. The van der Waals surface area contributed by atoms with Crippen molar-refractivity contribution in [1.29, 1.82) is 0 Å². The quantitative estimate of drug-likeness (QED) is 0.934. The van der Waals surface area contributed by atoms with E-state index in [1.807, 2.05) is 24.3 Å². The van der Waals surface area contributed by atoms with E-state index in [0.717, 1.165) is 11.3 Å². The molecule has 6 nitrogen and oxygen atoms in total. The molecule has 2 aromatic rings. The number of Topliss-reactive ketones (excluding diaryl/α,β-unsaturated/α-hetero) is 1. The highest BCUT2D eigenvalue weighted by atomic mass is 16.7. The van der Waals surface area contributed by atoms with E-state index in [0.29, 0.717) is 35.0 Å². The first kappa shape index (κ1) is 14.7. The number of carbonyl (C=O) groups is 1. The van der Waals surface area contributed by atoms with E-state index >= 15 is 0 Å². The molecule has 24 heavy (non-hydrogen) atoms. The van der Waals surface area contributed by atoms with Crippen LogP contribution in [0.25, 0.3) is 0 Å². The van der Waals surface area contributed by atoms with Crippen LogP contribution in [0.4, 0.5) is 5.69 Å². The van der Waals surface area contributed by atoms with Crippen LogP contribution in [0.5, 0.6) is 23.0 Å². The van der Waals surface area contributed by atoms with Crippen molar-refractivity contribution in [2.45, 2.75) is 12.5 Å². The Morgan fingerprint density at radius 1 is 1.08 bits per heavy atom. The van der Waals surface area contributed by atoms with Gasteiger partial charge >= 0.3 is 0 Å². The molecule has 0 fully saturated rings. The number of hydrogen-bond acceptors (Lipinski definition) is 6. The van der Waals surface area contributed by atoms with E-state index in [9.17, 15) is 4.79 Å². The Kier molecular flexibility index (Phi) is 3.45. The highest BCUT2D eigenvalue weighted by Gasteiger charge is 2.30. The Morgan fingerprint density at radius 3 is 2.62 bits per heavy atom. The lowest BCUT2D eigenvalue weighted by Crippen LogP contribution is -2.23. The molecule has 0 saturated carbocycles. The minimum atomic E-state index is -0.175. The van der Waals surface area contributed by atoms with Crippen molar-refractivity contribution in [3.63, 3.8) is 0 Å². The Morgan fingerprint density at radius 2 is 1.88 bits per heavy atom. The molecule has 0 bridgehead atoms. The topological polar surface area (TPSA) is 66.0 Å². The van der Waals surface area contributed by atoms with E-state index in [-0.39, 0.29) is 18.6 Å². The summed E-state index contributed by atoms with van der Waals surface area (Å²) in [6.45, 7) is 0.183. The van der Waals surface area contributed by atoms with Gasteiger partial charge in [0.25, 0.3) is 0 Å². The van der Waals surface area contributed by atoms with Crippen LogP contribution >= 0.6 is 0 Å². The third-order valence-corrected chi connectivity index (χ3v) is 4.35. The summed E-state index contributed by atoms with van der Waals surface area (Å²) in [5.74, 6) is 2.72. The second-order valence-corrected chi connectivity index (χ2v) is 5.68. The van der Waals surface area contributed by atoms with Gasteiger partial charge in [-0.2, -0.15) is 0 Å². The molecular weight excluding hydrogens is 310 g/mol. The molecule has 0 spiro atoms. The maximum absolute atomic E-state index is 12.6. The average molecular weight is 327 g/mol. The van der Waals surface area contributed by atoms with Crippen LogP contribution in [0.2, 0.25) is 0 Å². The van der Waals surface area contributed by atoms with Gasteiger partial charge in [-0.05, 0) is 18.2 Å². The monoisotopic (exact) mass is 327 g/mol. The van der Waals surface area contributed by atoms with Gasteiger partial charge in [-0.3, -0.25) is 4.79 Å². The lowest BCUT2D eigenvalue weighted by Gasteiger charge is -2.28. The Bertz CT molecular complexity index is 817. The number of ether oxygens (including phenoxy) is 4. The van der Waals surface area contributed by atoms with E-state index < -0.39 is 0 Å². The van der Waals surface area contributed by atoms with Gasteiger partial charge in [0.2, 0.25) is 6.79 Å². The highest BCUT2D eigenvalue weighted by Crippen LogP contribution is 2.43. The summed E-state index contributed by atoms with van der Waals surface area (Å²) in [5, 5.41) is 3.41. The number of ketones is 1. The van der Waals surface area contributed by atoms with E-state index in [1.54, 1.807) is 20.3 Å². The van der Waals surface area contributed by atoms with Crippen LogP contribution in [0.15, 0.2) is 30.3 Å². The number of rotatable bonds is 3. The fraction of sp³-hybridized carbons (Fsp3) is 0.278. The first-order valence-corrected chi connectivity index (χ1v) is 7.65. The molecule has 2 heterocycles. The lowest BCUT2D eigenvalue weighted by atomic mass is 9.91. The molecule has 2 aliphatic heterocycles. The Labute approximate surface area is 139 Å². The van der Waals surface area contributed by atoms with Gasteiger partial charge < -0.3 is 24.3 Å². The number of nitrogens with one attached hydrogen (secondary N) is 1. The van der Waals surface area contributed by atoms with Gasteiger partial charge in [-0.15, -0.1) is 0 Å². The summed E-state index contributed by atoms with van der Waals surface area (Å²) in [5.41, 5.74) is 2.29. The summed E-state index contributed by atoms with van der Waals surface area (Å²) in [6.07, 6.45) is 0.343. The summed E-state index contributed by atoms with van der Waals surface area (Å²) in [6, 6.07) is 8.98. The zero-order valence-electron chi connectivity index (χ0n) is 13.4. The second-order valence-electron chi connectivity index (χ2n) is 5.68. The van der Waals surface area contributed by atoms with E-state index in [1.165, 1.54) is 0 Å². The van der Waals surface area contributed by atoms with Crippen LogP contribution in [0.1, 0.15) is 28.4 Å². The van der Waals surface area contributed by atoms with Crippen molar-refractivity contribution >= 4 is 11.5 Å². The van der Waals surface area contributed by atoms with Crippen LogP contribution < -0.4 is 24.3 Å². The second kappa shape index (κ2) is 5.63. The molecule has 4 rings (SSSR count). The SMILES string of the molecule is COc1ccc([C@H]2CC(=O)c3cc4c(cc3N2)OCO4)c(OC)c1. The Hall–Kier alpha value is -2.89. The average Bonchev–Trinajstić information content (AvgIpc) is 3.06. The van der Waals surface area contributed by atoms with Crippen molar-refractivity contribution in [3.05, 3.63) is 41.5 Å².